The molecule has 5 rings (SSSR count). The molecule has 34 heavy (non-hydrogen) atoms. The van der Waals surface area contributed by atoms with Crippen LogP contribution in [0, 0.1) is 0 Å². The molecule has 0 fully saturated rings. The number of carbonyl (C=O) groups is 2. The van der Waals surface area contributed by atoms with E-state index in [-0.39, 0.29) is 0 Å². The Balaban J connectivity index is 1.45. The molecule has 0 aliphatic carbocycles. The lowest BCUT2D eigenvalue weighted by Crippen LogP contribution is -2.30. The molecule has 0 bridgehead atoms. The molecule has 1 amide bonds. The summed E-state index contributed by atoms with van der Waals surface area (Å²) in [4.78, 5) is 30.3. The van der Waals surface area contributed by atoms with E-state index in [0.717, 1.165) is 15.4 Å². The van der Waals surface area contributed by atoms with Crippen LogP contribution in [0.5, 0.6) is 0 Å². The fourth-order valence-corrected chi connectivity index (χ4v) is 4.00. The van der Waals surface area contributed by atoms with Crippen molar-refractivity contribution < 1.29 is 18.7 Å². The predicted octanol–water partition coefficient (Wildman–Crippen LogP) is 6.59. The number of amides is 1. The minimum absolute atomic E-state index is 0.332. The number of esters is 1. The second-order valence-corrected chi connectivity index (χ2v) is 8.66. The van der Waals surface area contributed by atoms with E-state index in [1.807, 2.05) is 60.7 Å². The maximum absolute atomic E-state index is 13.2. The number of nitrogens with zero attached hydrogens (tertiary/aromatic N) is 1. The van der Waals surface area contributed by atoms with Crippen molar-refractivity contribution in [3.63, 3.8) is 0 Å². The molecule has 1 heterocycles. The highest BCUT2D eigenvalue weighted by atomic mass is 79.9. The van der Waals surface area contributed by atoms with E-state index in [4.69, 9.17) is 9.15 Å². The van der Waals surface area contributed by atoms with Crippen LogP contribution in [0.1, 0.15) is 17.3 Å². The SMILES string of the molecule is CC(OC(=O)c1cccc2cccc(-c3nc4ccccc4o3)c12)C(=O)Nc1ccc(Br)cc1. The number of hydrogen-bond acceptors (Lipinski definition) is 5. The average molecular weight is 515 g/mol. The standard InChI is InChI=1S/C27H19BrN2O4/c1-16(25(31)29-19-14-12-18(28)13-15-19)33-27(32)21-9-5-7-17-6-4-8-20(24(17)21)26-30-22-10-2-3-11-23(22)34-26/h2-16H,1H3,(H,29,31). The first-order valence-corrected chi connectivity index (χ1v) is 11.4. The number of fused-ring (bicyclic) bond motifs is 2. The van der Waals surface area contributed by atoms with Crippen molar-refractivity contribution in [2.45, 2.75) is 13.0 Å². The molecule has 168 valence electrons. The van der Waals surface area contributed by atoms with Gasteiger partial charge in [-0.05, 0) is 60.8 Å². The van der Waals surface area contributed by atoms with Gasteiger partial charge in [0.2, 0.25) is 5.89 Å². The molecule has 0 spiro atoms. The molecule has 1 atom stereocenters. The van der Waals surface area contributed by atoms with Crippen LogP contribution in [0.4, 0.5) is 5.69 Å². The normalized spacial score (nSPS) is 11.9. The number of ether oxygens (including phenoxy) is 1. The van der Waals surface area contributed by atoms with Crippen LogP contribution in [-0.2, 0) is 9.53 Å². The van der Waals surface area contributed by atoms with Gasteiger partial charge in [0.05, 0.1) is 5.56 Å². The van der Waals surface area contributed by atoms with Crippen LogP contribution < -0.4 is 5.32 Å². The minimum atomic E-state index is -0.997. The molecule has 4 aromatic carbocycles. The minimum Gasteiger partial charge on any atom is -0.449 e. The summed E-state index contributed by atoms with van der Waals surface area (Å²) in [6, 6.07) is 25.6. The van der Waals surface area contributed by atoms with Crippen LogP contribution >= 0.6 is 15.9 Å². The molecule has 1 aromatic heterocycles. The second kappa shape index (κ2) is 9.11. The molecule has 7 heteroatoms. The maximum atomic E-state index is 13.2. The monoisotopic (exact) mass is 514 g/mol. The number of halogens is 1. The van der Waals surface area contributed by atoms with E-state index in [0.29, 0.717) is 33.7 Å². The fraction of sp³-hybridized carbons (Fsp3) is 0.0741. The largest absolute Gasteiger partial charge is 0.449 e. The Bertz CT molecular complexity index is 1490. The Morgan fingerprint density at radius 2 is 1.68 bits per heavy atom. The second-order valence-electron chi connectivity index (χ2n) is 7.74. The number of benzene rings is 4. The Hall–Kier alpha value is -3.97. The van der Waals surface area contributed by atoms with Gasteiger partial charge in [0.15, 0.2) is 11.7 Å². The highest BCUT2D eigenvalue weighted by molar-refractivity contribution is 9.10. The lowest BCUT2D eigenvalue weighted by molar-refractivity contribution is -0.123. The van der Waals surface area contributed by atoms with Gasteiger partial charge in [-0.3, -0.25) is 4.79 Å². The predicted molar refractivity (Wildman–Crippen MR) is 135 cm³/mol. The number of carbonyl (C=O) groups excluding carboxylic acids is 2. The zero-order valence-electron chi connectivity index (χ0n) is 18.1. The van der Waals surface area contributed by atoms with Crippen LogP contribution in [0.2, 0.25) is 0 Å². The van der Waals surface area contributed by atoms with E-state index in [1.165, 1.54) is 0 Å². The summed E-state index contributed by atoms with van der Waals surface area (Å²) in [5.74, 6) is -0.615. The summed E-state index contributed by atoms with van der Waals surface area (Å²) in [6.07, 6.45) is -0.997. The number of hydrogen-bond donors (Lipinski definition) is 1. The number of rotatable bonds is 5. The van der Waals surface area contributed by atoms with E-state index in [9.17, 15) is 9.59 Å². The van der Waals surface area contributed by atoms with Crippen LogP contribution in [-0.4, -0.2) is 23.0 Å². The Kier molecular flexibility index (Phi) is 5.86. The van der Waals surface area contributed by atoms with Gasteiger partial charge < -0.3 is 14.5 Å². The first-order valence-electron chi connectivity index (χ1n) is 10.6. The number of oxazole rings is 1. The topological polar surface area (TPSA) is 81.4 Å². The van der Waals surface area contributed by atoms with Crippen molar-refractivity contribution in [3.05, 3.63) is 95.0 Å². The molecular formula is C27H19BrN2O4. The third-order valence-electron chi connectivity index (χ3n) is 5.41. The third kappa shape index (κ3) is 4.30. The summed E-state index contributed by atoms with van der Waals surface area (Å²) in [5.41, 5.74) is 3.01. The smallest absolute Gasteiger partial charge is 0.339 e. The molecule has 5 aromatic rings. The Morgan fingerprint density at radius 3 is 2.44 bits per heavy atom. The molecule has 0 saturated carbocycles. The van der Waals surface area contributed by atoms with Crippen molar-refractivity contribution in [2.24, 2.45) is 0 Å². The van der Waals surface area contributed by atoms with Gasteiger partial charge in [-0.1, -0.05) is 52.3 Å². The first-order chi connectivity index (χ1) is 16.5. The van der Waals surface area contributed by atoms with Gasteiger partial charge in [0, 0.05) is 21.1 Å². The van der Waals surface area contributed by atoms with Gasteiger partial charge in [-0.15, -0.1) is 0 Å². The fourth-order valence-electron chi connectivity index (χ4n) is 3.73. The molecule has 0 aliphatic rings. The van der Waals surface area contributed by atoms with Crippen LogP contribution in [0.25, 0.3) is 33.3 Å². The maximum Gasteiger partial charge on any atom is 0.339 e. The average Bonchev–Trinajstić information content (AvgIpc) is 3.28. The Labute approximate surface area is 203 Å². The van der Waals surface area contributed by atoms with Crippen molar-refractivity contribution in [1.29, 1.82) is 0 Å². The molecule has 1 unspecified atom stereocenters. The van der Waals surface area contributed by atoms with Crippen molar-refractivity contribution >= 4 is 55.4 Å². The number of para-hydroxylation sites is 2. The quantitative estimate of drug-likeness (QED) is 0.267. The zero-order chi connectivity index (χ0) is 23.7. The van der Waals surface area contributed by atoms with Gasteiger partial charge >= 0.3 is 5.97 Å². The van der Waals surface area contributed by atoms with Crippen LogP contribution in [0.3, 0.4) is 0 Å². The highest BCUT2D eigenvalue weighted by Gasteiger charge is 2.23. The van der Waals surface area contributed by atoms with Crippen molar-refractivity contribution in [3.8, 4) is 11.5 Å². The molecule has 6 nitrogen and oxygen atoms in total. The summed E-state index contributed by atoms with van der Waals surface area (Å²) < 4.78 is 12.4. The lowest BCUT2D eigenvalue weighted by atomic mass is 9.99. The van der Waals surface area contributed by atoms with Gasteiger partial charge in [-0.2, -0.15) is 0 Å². The van der Waals surface area contributed by atoms with Crippen LogP contribution in [0.15, 0.2) is 93.8 Å². The highest BCUT2D eigenvalue weighted by Crippen LogP contribution is 2.33. The van der Waals surface area contributed by atoms with Gasteiger partial charge in [0.1, 0.15) is 5.52 Å². The summed E-state index contributed by atoms with van der Waals surface area (Å²) in [6.45, 7) is 1.54. The van der Waals surface area contributed by atoms with E-state index in [1.54, 1.807) is 31.2 Å². The number of nitrogens with one attached hydrogen (secondary N) is 1. The summed E-state index contributed by atoms with van der Waals surface area (Å²) >= 11 is 3.36. The molecule has 0 saturated heterocycles. The van der Waals surface area contributed by atoms with Crippen molar-refractivity contribution in [1.82, 2.24) is 4.98 Å². The summed E-state index contributed by atoms with van der Waals surface area (Å²) in [7, 11) is 0. The Morgan fingerprint density at radius 1 is 0.941 bits per heavy atom. The van der Waals surface area contributed by atoms with Crippen molar-refractivity contribution in [2.75, 3.05) is 5.32 Å². The van der Waals surface area contributed by atoms with Gasteiger partial charge in [-0.25, -0.2) is 9.78 Å². The third-order valence-corrected chi connectivity index (χ3v) is 5.94. The lowest BCUT2D eigenvalue weighted by Gasteiger charge is -2.15. The first kappa shape index (κ1) is 21.9. The van der Waals surface area contributed by atoms with E-state index >= 15 is 0 Å². The van der Waals surface area contributed by atoms with E-state index in [2.05, 4.69) is 26.2 Å². The molecule has 1 N–H and O–H groups in total. The zero-order valence-corrected chi connectivity index (χ0v) is 19.7. The number of anilines is 1. The van der Waals surface area contributed by atoms with E-state index < -0.39 is 18.0 Å². The molecule has 0 aliphatic heterocycles. The molecule has 0 radical (unpaired) electrons. The summed E-state index contributed by atoms with van der Waals surface area (Å²) in [5, 5.41) is 4.24. The number of aromatic nitrogens is 1. The van der Waals surface area contributed by atoms with Gasteiger partial charge in [0.25, 0.3) is 5.91 Å². The molecular weight excluding hydrogens is 496 g/mol.